The summed E-state index contributed by atoms with van der Waals surface area (Å²) in [5.74, 6) is -0.665. The fraction of sp³-hybridized carbons (Fsp3) is 0.692. The van der Waals surface area contributed by atoms with Gasteiger partial charge in [0.05, 0.1) is 12.3 Å². The predicted octanol–water partition coefficient (Wildman–Crippen LogP) is 1.28. The topological polar surface area (TPSA) is 86.1 Å². The van der Waals surface area contributed by atoms with Crippen molar-refractivity contribution in [2.45, 2.75) is 46.6 Å². The van der Waals surface area contributed by atoms with Gasteiger partial charge in [0.25, 0.3) is 0 Å². The molecule has 0 radical (unpaired) electrons. The van der Waals surface area contributed by atoms with Crippen LogP contribution in [-0.4, -0.2) is 40.0 Å². The first-order chi connectivity index (χ1) is 9.43. The fourth-order valence-electron chi connectivity index (χ4n) is 1.90. The van der Waals surface area contributed by atoms with E-state index in [1.54, 1.807) is 13.8 Å². The number of nitrogens with one attached hydrogen (secondary N) is 1. The van der Waals surface area contributed by atoms with E-state index < -0.39 is 12.0 Å². The normalized spacial score (nSPS) is 12.3. The summed E-state index contributed by atoms with van der Waals surface area (Å²) in [6, 6.07) is -0.525. The molecule has 1 amide bonds. The lowest BCUT2D eigenvalue weighted by Crippen LogP contribution is -2.32. The Kier molecular flexibility index (Phi) is 5.66. The van der Waals surface area contributed by atoms with Gasteiger partial charge < -0.3 is 10.1 Å². The van der Waals surface area contributed by atoms with Crippen LogP contribution in [0.3, 0.4) is 0 Å². The van der Waals surface area contributed by atoms with Crippen molar-refractivity contribution in [2.75, 3.05) is 13.2 Å². The molecule has 0 aromatic carbocycles. The van der Waals surface area contributed by atoms with Gasteiger partial charge in [0.15, 0.2) is 5.69 Å². The number of hydrogen-bond donors (Lipinski definition) is 1. The second-order valence-corrected chi connectivity index (χ2v) is 4.71. The van der Waals surface area contributed by atoms with Crippen molar-refractivity contribution < 1.29 is 14.3 Å². The summed E-state index contributed by atoms with van der Waals surface area (Å²) in [7, 11) is 0. The molecule has 0 aliphatic heterocycles. The molecule has 1 N–H and O–H groups in total. The van der Waals surface area contributed by atoms with Crippen molar-refractivity contribution in [1.29, 1.82) is 0 Å². The van der Waals surface area contributed by atoms with Gasteiger partial charge in [-0.1, -0.05) is 19.1 Å². The van der Waals surface area contributed by atoms with Crippen LogP contribution in [0.15, 0.2) is 0 Å². The molecule has 0 saturated carbocycles. The number of nitrogens with zero attached hydrogens (tertiary/aromatic N) is 3. The van der Waals surface area contributed by atoms with E-state index in [9.17, 15) is 9.59 Å². The van der Waals surface area contributed by atoms with Gasteiger partial charge in [-0.25, -0.2) is 9.48 Å². The molecule has 0 spiro atoms. The first-order valence-corrected chi connectivity index (χ1v) is 6.83. The molecule has 112 valence electrons. The third kappa shape index (κ3) is 3.34. The molecule has 0 saturated heterocycles. The maximum atomic E-state index is 11.9. The zero-order valence-electron chi connectivity index (χ0n) is 12.6. The van der Waals surface area contributed by atoms with Crippen molar-refractivity contribution in [3.63, 3.8) is 0 Å². The maximum absolute atomic E-state index is 11.9. The molecule has 0 aliphatic rings. The number of amides is 1. The van der Waals surface area contributed by atoms with E-state index in [0.717, 1.165) is 0 Å². The van der Waals surface area contributed by atoms with Crippen LogP contribution in [0.25, 0.3) is 0 Å². The van der Waals surface area contributed by atoms with E-state index >= 15 is 0 Å². The number of rotatable bonds is 6. The van der Waals surface area contributed by atoms with Crippen LogP contribution in [0.4, 0.5) is 0 Å². The first-order valence-electron chi connectivity index (χ1n) is 6.83. The number of esters is 1. The molecule has 1 unspecified atom stereocenters. The van der Waals surface area contributed by atoms with Gasteiger partial charge in [0.1, 0.15) is 6.04 Å². The van der Waals surface area contributed by atoms with Crippen molar-refractivity contribution in [2.24, 2.45) is 0 Å². The lowest BCUT2D eigenvalue weighted by atomic mass is 10.1. The van der Waals surface area contributed by atoms with Crippen LogP contribution in [0.1, 0.15) is 62.8 Å². The van der Waals surface area contributed by atoms with E-state index in [1.807, 2.05) is 20.8 Å². The monoisotopic (exact) mass is 282 g/mol. The van der Waals surface area contributed by atoms with Gasteiger partial charge in [-0.15, -0.1) is 5.10 Å². The Hall–Kier alpha value is -1.92. The standard InChI is InChI=1S/C13H22N4O3/c1-6-14-12(18)9(5)17-11(8(3)4)10(15-16-17)13(19)20-7-2/h8-9H,6-7H2,1-5H3,(H,14,18). The lowest BCUT2D eigenvalue weighted by Gasteiger charge is -2.16. The number of ether oxygens (including phenoxy) is 1. The number of likely N-dealkylation sites (N-methyl/N-ethyl adjacent to an activating group) is 1. The number of aromatic nitrogens is 3. The molecule has 1 aromatic rings. The smallest absolute Gasteiger partial charge is 0.360 e. The van der Waals surface area contributed by atoms with E-state index in [1.165, 1.54) is 4.68 Å². The zero-order chi connectivity index (χ0) is 15.3. The highest BCUT2D eigenvalue weighted by molar-refractivity contribution is 5.89. The van der Waals surface area contributed by atoms with Crippen LogP contribution in [-0.2, 0) is 9.53 Å². The quantitative estimate of drug-likeness (QED) is 0.794. The Morgan fingerprint density at radius 3 is 2.45 bits per heavy atom. The third-order valence-electron chi connectivity index (χ3n) is 2.84. The molecule has 1 rings (SSSR count). The summed E-state index contributed by atoms with van der Waals surface area (Å²) in [5.41, 5.74) is 0.792. The molecule has 0 bridgehead atoms. The van der Waals surface area contributed by atoms with E-state index in [4.69, 9.17) is 4.74 Å². The van der Waals surface area contributed by atoms with Crippen LogP contribution >= 0.6 is 0 Å². The van der Waals surface area contributed by atoms with Crippen LogP contribution < -0.4 is 5.32 Å². The van der Waals surface area contributed by atoms with E-state index in [0.29, 0.717) is 12.2 Å². The molecule has 0 fully saturated rings. The Morgan fingerprint density at radius 1 is 1.30 bits per heavy atom. The second-order valence-electron chi connectivity index (χ2n) is 4.71. The van der Waals surface area contributed by atoms with Crippen molar-refractivity contribution >= 4 is 11.9 Å². The van der Waals surface area contributed by atoms with Gasteiger partial charge in [-0.05, 0) is 26.7 Å². The first kappa shape index (κ1) is 16.1. The summed E-state index contributed by atoms with van der Waals surface area (Å²) in [5, 5.41) is 10.6. The van der Waals surface area contributed by atoms with E-state index in [2.05, 4.69) is 15.6 Å². The van der Waals surface area contributed by atoms with Crippen molar-refractivity contribution in [3.05, 3.63) is 11.4 Å². The SMILES string of the molecule is CCNC(=O)C(C)n1nnc(C(=O)OCC)c1C(C)C. The lowest BCUT2D eigenvalue weighted by molar-refractivity contribution is -0.124. The van der Waals surface area contributed by atoms with Crippen molar-refractivity contribution in [3.8, 4) is 0 Å². The van der Waals surface area contributed by atoms with Crippen LogP contribution in [0, 0.1) is 0 Å². The molecule has 1 atom stereocenters. The van der Waals surface area contributed by atoms with Crippen LogP contribution in [0.5, 0.6) is 0 Å². The predicted molar refractivity (Wildman–Crippen MR) is 73.5 cm³/mol. The van der Waals surface area contributed by atoms with Gasteiger partial charge in [0, 0.05) is 6.54 Å². The summed E-state index contributed by atoms with van der Waals surface area (Å²) >= 11 is 0. The maximum Gasteiger partial charge on any atom is 0.360 e. The molecule has 7 heteroatoms. The molecule has 1 heterocycles. The zero-order valence-corrected chi connectivity index (χ0v) is 12.6. The van der Waals surface area contributed by atoms with Gasteiger partial charge in [-0.3, -0.25) is 4.79 Å². The molecular formula is C13H22N4O3. The second kappa shape index (κ2) is 7.02. The Labute approximate surface area is 118 Å². The minimum Gasteiger partial charge on any atom is -0.461 e. The van der Waals surface area contributed by atoms with Crippen LogP contribution in [0.2, 0.25) is 0 Å². The number of carbonyl (C=O) groups excluding carboxylic acids is 2. The molecule has 20 heavy (non-hydrogen) atoms. The highest BCUT2D eigenvalue weighted by Crippen LogP contribution is 2.21. The number of hydrogen-bond acceptors (Lipinski definition) is 5. The van der Waals surface area contributed by atoms with Crippen molar-refractivity contribution in [1.82, 2.24) is 20.3 Å². The van der Waals surface area contributed by atoms with Gasteiger partial charge >= 0.3 is 5.97 Å². The average Bonchev–Trinajstić information content (AvgIpc) is 2.83. The van der Waals surface area contributed by atoms with Gasteiger partial charge in [0.2, 0.25) is 5.91 Å². The molecule has 7 nitrogen and oxygen atoms in total. The highest BCUT2D eigenvalue weighted by Gasteiger charge is 2.27. The summed E-state index contributed by atoms with van der Waals surface area (Å²) < 4.78 is 6.45. The minimum absolute atomic E-state index is 0.00119. The fourth-order valence-corrected chi connectivity index (χ4v) is 1.90. The highest BCUT2D eigenvalue weighted by atomic mass is 16.5. The summed E-state index contributed by atoms with van der Waals surface area (Å²) in [4.78, 5) is 23.8. The third-order valence-corrected chi connectivity index (χ3v) is 2.84. The molecule has 0 aliphatic carbocycles. The summed E-state index contributed by atoms with van der Waals surface area (Å²) in [6.07, 6.45) is 0. The minimum atomic E-state index is -0.525. The Morgan fingerprint density at radius 2 is 1.95 bits per heavy atom. The largest absolute Gasteiger partial charge is 0.461 e. The Balaban J connectivity index is 3.15. The average molecular weight is 282 g/mol. The van der Waals surface area contributed by atoms with Gasteiger partial charge in [-0.2, -0.15) is 0 Å². The Bertz CT molecular complexity index is 482. The molecular weight excluding hydrogens is 260 g/mol. The van der Waals surface area contributed by atoms with E-state index in [-0.39, 0.29) is 24.1 Å². The summed E-state index contributed by atoms with van der Waals surface area (Å²) in [6.45, 7) is 9.95. The molecule has 1 aromatic heterocycles. The number of carbonyl (C=O) groups is 2.